The van der Waals surface area contributed by atoms with Crippen molar-refractivity contribution in [1.82, 2.24) is 15.5 Å². The van der Waals surface area contributed by atoms with Gasteiger partial charge in [-0.2, -0.15) is 0 Å². The maximum Gasteiger partial charge on any atom is 0.269 e. The second-order valence-electron chi connectivity index (χ2n) is 11.6. The summed E-state index contributed by atoms with van der Waals surface area (Å²) in [5, 5.41) is 17.4. The first-order valence-corrected chi connectivity index (χ1v) is 15.1. The lowest BCUT2D eigenvalue weighted by Crippen LogP contribution is -2.44. The number of piperidine rings is 1. The molecule has 0 radical (unpaired) electrons. The highest BCUT2D eigenvalue weighted by Crippen LogP contribution is 2.42. The first-order valence-electron chi connectivity index (χ1n) is 15.1. The van der Waals surface area contributed by atoms with Crippen LogP contribution in [0.15, 0.2) is 107 Å². The van der Waals surface area contributed by atoms with E-state index in [0.29, 0.717) is 29.1 Å². The van der Waals surface area contributed by atoms with Gasteiger partial charge in [-0.15, -0.1) is 0 Å². The van der Waals surface area contributed by atoms with Crippen LogP contribution >= 0.6 is 0 Å². The fraction of sp³-hybridized carbons (Fsp3) is 0.314. The lowest BCUT2D eigenvalue weighted by Gasteiger charge is -2.43. The van der Waals surface area contributed by atoms with Gasteiger partial charge in [0, 0.05) is 52.6 Å². The van der Waals surface area contributed by atoms with E-state index in [1.165, 1.54) is 23.3 Å². The van der Waals surface area contributed by atoms with Crippen LogP contribution in [0.3, 0.4) is 0 Å². The Kier molecular flexibility index (Phi) is 9.25. The molecule has 228 valence electrons. The molecular formula is C35H39N5O4. The summed E-state index contributed by atoms with van der Waals surface area (Å²) in [7, 11) is 0. The van der Waals surface area contributed by atoms with E-state index in [4.69, 9.17) is 5.73 Å². The average molecular weight is 594 g/mol. The Bertz CT molecular complexity index is 1530. The van der Waals surface area contributed by atoms with Crippen molar-refractivity contribution in [2.45, 2.75) is 44.4 Å². The normalized spacial score (nSPS) is 18.5. The Balaban J connectivity index is 1.23. The van der Waals surface area contributed by atoms with Crippen molar-refractivity contribution in [3.05, 3.63) is 134 Å². The third kappa shape index (κ3) is 6.28. The molecule has 1 saturated heterocycles. The standard InChI is InChI=1S/C35H39N5O4/c1-24-30(33(36)41)32(26-14-16-29(17-15-26)40(43)44)31(25(2)38-24)34(42)37-20-9-21-39-22-18-35(19-23-39,27-10-5-3-6-11-27)28-12-7-4-8-13-28/h3-8,10-17,32,38H,9,18-23H2,1-2H3,(H2,36,41)(H,37,42)/t32-/m0/s1. The largest absolute Gasteiger partial charge is 0.366 e. The number of rotatable bonds is 10. The zero-order valence-electron chi connectivity index (χ0n) is 25.2. The molecule has 0 bridgehead atoms. The van der Waals surface area contributed by atoms with Gasteiger partial charge in [0.2, 0.25) is 11.8 Å². The molecule has 0 saturated carbocycles. The van der Waals surface area contributed by atoms with Crippen molar-refractivity contribution in [3.8, 4) is 0 Å². The first-order chi connectivity index (χ1) is 21.2. The molecule has 1 fully saturated rings. The van der Waals surface area contributed by atoms with Crippen molar-refractivity contribution >= 4 is 17.5 Å². The van der Waals surface area contributed by atoms with E-state index in [1.807, 2.05) is 0 Å². The molecule has 2 amide bonds. The van der Waals surface area contributed by atoms with E-state index in [9.17, 15) is 19.7 Å². The average Bonchev–Trinajstić information content (AvgIpc) is 3.03. The van der Waals surface area contributed by atoms with Crippen molar-refractivity contribution < 1.29 is 14.5 Å². The summed E-state index contributed by atoms with van der Waals surface area (Å²) in [5.41, 5.74) is 10.8. The van der Waals surface area contributed by atoms with Crippen molar-refractivity contribution in [2.24, 2.45) is 5.73 Å². The van der Waals surface area contributed by atoms with Crippen LogP contribution in [0.1, 0.15) is 55.7 Å². The smallest absolute Gasteiger partial charge is 0.269 e. The van der Waals surface area contributed by atoms with Crippen LogP contribution in [-0.2, 0) is 15.0 Å². The molecule has 9 nitrogen and oxygen atoms in total. The monoisotopic (exact) mass is 593 g/mol. The maximum absolute atomic E-state index is 13.6. The predicted octanol–water partition coefficient (Wildman–Crippen LogP) is 4.90. The lowest BCUT2D eigenvalue weighted by atomic mass is 9.68. The zero-order chi connectivity index (χ0) is 31.3. The number of carbonyl (C=O) groups is 2. The summed E-state index contributed by atoms with van der Waals surface area (Å²) >= 11 is 0. The fourth-order valence-corrected chi connectivity index (χ4v) is 6.76. The van der Waals surface area contributed by atoms with Crippen molar-refractivity contribution in [2.75, 3.05) is 26.2 Å². The number of nitrogens with two attached hydrogens (primary N) is 1. The molecule has 0 aliphatic carbocycles. The van der Waals surface area contributed by atoms with Crippen molar-refractivity contribution in [1.29, 1.82) is 0 Å². The number of primary amides is 1. The van der Waals surface area contributed by atoms with E-state index < -0.39 is 16.7 Å². The number of benzene rings is 3. The Morgan fingerprint density at radius 3 is 1.98 bits per heavy atom. The molecular weight excluding hydrogens is 554 g/mol. The minimum Gasteiger partial charge on any atom is -0.366 e. The summed E-state index contributed by atoms with van der Waals surface area (Å²) in [6.07, 6.45) is 2.81. The van der Waals surface area contributed by atoms with Gasteiger partial charge in [-0.3, -0.25) is 19.7 Å². The quantitative estimate of drug-likeness (QED) is 0.174. The third-order valence-electron chi connectivity index (χ3n) is 9.01. The van der Waals surface area contributed by atoms with Crippen LogP contribution < -0.4 is 16.4 Å². The number of non-ortho nitro benzene ring substituents is 1. The van der Waals surface area contributed by atoms with Gasteiger partial charge in [-0.25, -0.2) is 0 Å². The van der Waals surface area contributed by atoms with Gasteiger partial charge in [0.1, 0.15) is 0 Å². The Hall–Kier alpha value is -4.76. The van der Waals surface area contributed by atoms with Gasteiger partial charge in [0.15, 0.2) is 0 Å². The van der Waals surface area contributed by atoms with E-state index in [2.05, 4.69) is 76.2 Å². The predicted molar refractivity (Wildman–Crippen MR) is 171 cm³/mol. The van der Waals surface area contributed by atoms with Gasteiger partial charge in [-0.05, 0) is 69.4 Å². The maximum atomic E-state index is 13.6. The highest BCUT2D eigenvalue weighted by atomic mass is 16.6. The van der Waals surface area contributed by atoms with Crippen LogP contribution in [0.2, 0.25) is 0 Å². The molecule has 2 heterocycles. The van der Waals surface area contributed by atoms with Crippen LogP contribution in [0, 0.1) is 10.1 Å². The van der Waals surface area contributed by atoms with E-state index in [-0.39, 0.29) is 22.6 Å². The number of allylic oxidation sites excluding steroid dienone is 2. The van der Waals surface area contributed by atoms with Gasteiger partial charge >= 0.3 is 0 Å². The Labute approximate surface area is 258 Å². The van der Waals surface area contributed by atoms with Crippen LogP contribution in [0.4, 0.5) is 5.69 Å². The summed E-state index contributed by atoms with van der Waals surface area (Å²) in [4.78, 5) is 39.3. The Morgan fingerprint density at radius 1 is 0.909 bits per heavy atom. The highest BCUT2D eigenvalue weighted by molar-refractivity contribution is 6.03. The molecule has 2 aliphatic rings. The molecule has 44 heavy (non-hydrogen) atoms. The first kappa shape index (κ1) is 30.7. The van der Waals surface area contributed by atoms with E-state index >= 15 is 0 Å². The minimum absolute atomic E-state index is 0.0120. The third-order valence-corrected chi connectivity index (χ3v) is 9.01. The number of amides is 2. The second-order valence-corrected chi connectivity index (χ2v) is 11.6. The van der Waals surface area contributed by atoms with E-state index in [0.717, 1.165) is 38.9 Å². The summed E-state index contributed by atoms with van der Waals surface area (Å²) in [6.45, 7) is 6.76. The van der Waals surface area contributed by atoms with Gasteiger partial charge in [0.25, 0.3) is 5.69 Å². The number of nitro groups is 1. The number of nitrogens with one attached hydrogen (secondary N) is 2. The van der Waals surface area contributed by atoms with Gasteiger partial charge in [-0.1, -0.05) is 72.8 Å². The Morgan fingerprint density at radius 2 is 1.45 bits per heavy atom. The molecule has 2 aliphatic heterocycles. The summed E-state index contributed by atoms with van der Waals surface area (Å²) in [5.74, 6) is -1.68. The SMILES string of the molecule is CC1=C(C(N)=O)[C@H](c2ccc([N+](=O)[O-])cc2)C(C(=O)NCCCN2CCC(c3ccccc3)(c3ccccc3)CC2)=C(C)N1. The van der Waals surface area contributed by atoms with Crippen LogP contribution in [0.5, 0.6) is 0 Å². The molecule has 0 spiro atoms. The number of nitrogens with zero attached hydrogens (tertiary/aromatic N) is 2. The fourth-order valence-electron chi connectivity index (χ4n) is 6.76. The minimum atomic E-state index is -0.735. The summed E-state index contributed by atoms with van der Waals surface area (Å²) < 4.78 is 0. The number of nitro benzene ring substituents is 1. The molecule has 5 rings (SSSR count). The van der Waals surface area contributed by atoms with Crippen molar-refractivity contribution in [3.63, 3.8) is 0 Å². The van der Waals surface area contributed by atoms with Gasteiger partial charge in [0.05, 0.1) is 4.92 Å². The molecule has 0 aromatic heterocycles. The molecule has 4 N–H and O–H groups in total. The number of dihydropyridines is 1. The number of hydrogen-bond acceptors (Lipinski definition) is 6. The van der Waals surface area contributed by atoms with Crippen LogP contribution in [-0.4, -0.2) is 47.8 Å². The number of hydrogen-bond donors (Lipinski definition) is 3. The van der Waals surface area contributed by atoms with E-state index in [1.54, 1.807) is 26.0 Å². The van der Waals surface area contributed by atoms with Gasteiger partial charge < -0.3 is 21.3 Å². The molecule has 1 atom stereocenters. The molecule has 9 heteroatoms. The molecule has 3 aromatic rings. The highest BCUT2D eigenvalue weighted by Gasteiger charge is 2.38. The summed E-state index contributed by atoms with van der Waals surface area (Å²) in [6, 6.07) is 27.4. The number of carbonyl (C=O) groups excluding carboxylic acids is 2. The molecule has 3 aromatic carbocycles. The topological polar surface area (TPSA) is 131 Å². The number of likely N-dealkylation sites (tertiary alicyclic amines) is 1. The van der Waals surface area contributed by atoms with Crippen LogP contribution in [0.25, 0.3) is 0 Å². The molecule has 0 unspecified atom stereocenters. The second kappa shape index (κ2) is 13.3. The lowest BCUT2D eigenvalue weighted by molar-refractivity contribution is -0.384. The zero-order valence-corrected chi connectivity index (χ0v) is 25.2.